The highest BCUT2D eigenvalue weighted by Crippen LogP contribution is 2.30. The van der Waals surface area contributed by atoms with Gasteiger partial charge in [-0.3, -0.25) is 4.79 Å². The van der Waals surface area contributed by atoms with Crippen LogP contribution in [-0.2, 0) is 0 Å². The third-order valence-corrected chi connectivity index (χ3v) is 4.80. The molecule has 6 heteroatoms. The summed E-state index contributed by atoms with van der Waals surface area (Å²) in [4.78, 5) is 15.8. The molecule has 0 radical (unpaired) electrons. The van der Waals surface area contributed by atoms with Crippen LogP contribution in [0.4, 0.5) is 5.69 Å². The highest BCUT2D eigenvalue weighted by atomic mass is 35.5. The van der Waals surface area contributed by atoms with E-state index in [-0.39, 0.29) is 12.5 Å². The minimum absolute atomic E-state index is 0.275. The number of aromatic nitrogens is 1. The fourth-order valence-electron chi connectivity index (χ4n) is 3.24. The van der Waals surface area contributed by atoms with Crippen molar-refractivity contribution in [1.29, 1.82) is 0 Å². The molecule has 4 rings (SSSR count). The van der Waals surface area contributed by atoms with Gasteiger partial charge in [0.05, 0.1) is 6.61 Å². The largest absolute Gasteiger partial charge is 0.393 e. The monoisotopic (exact) mass is 380 g/mol. The molecule has 1 atom stereocenters. The van der Waals surface area contributed by atoms with Crippen molar-refractivity contribution in [2.75, 3.05) is 11.9 Å². The number of aliphatic hydroxyl groups is 2. The van der Waals surface area contributed by atoms with E-state index in [4.69, 9.17) is 11.6 Å². The highest BCUT2D eigenvalue weighted by molar-refractivity contribution is 6.31. The number of H-pyrrole nitrogens is 1. The lowest BCUT2D eigenvalue weighted by Gasteiger charge is -2.14. The van der Waals surface area contributed by atoms with Gasteiger partial charge in [0.25, 0.3) is 5.91 Å². The minimum Gasteiger partial charge on any atom is -0.393 e. The van der Waals surface area contributed by atoms with E-state index in [1.165, 1.54) is 0 Å². The molecule has 0 aliphatic heterocycles. The highest BCUT2D eigenvalue weighted by Gasteiger charge is 2.15. The first-order valence-corrected chi connectivity index (χ1v) is 8.85. The second-order valence-corrected chi connectivity index (χ2v) is 6.75. The normalized spacial score (nSPS) is 12.4. The lowest BCUT2D eigenvalue weighted by Crippen LogP contribution is -2.13. The van der Waals surface area contributed by atoms with E-state index < -0.39 is 6.10 Å². The molecule has 1 unspecified atom stereocenters. The van der Waals surface area contributed by atoms with Crippen LogP contribution < -0.4 is 5.32 Å². The third-order valence-electron chi connectivity index (χ3n) is 4.57. The van der Waals surface area contributed by atoms with Crippen LogP contribution in [0.25, 0.3) is 21.7 Å². The van der Waals surface area contributed by atoms with E-state index in [0.717, 1.165) is 21.7 Å². The second-order valence-electron chi connectivity index (χ2n) is 6.32. The number of carbonyl (C=O) groups is 1. The number of benzene rings is 3. The molecule has 0 saturated carbocycles. The number of fused-ring (bicyclic) bond motifs is 2. The van der Waals surface area contributed by atoms with Crippen LogP contribution in [0.1, 0.15) is 22.2 Å². The molecule has 0 saturated heterocycles. The molecule has 1 aromatic heterocycles. The molecule has 1 heterocycles. The van der Waals surface area contributed by atoms with Gasteiger partial charge in [0.2, 0.25) is 0 Å². The maximum absolute atomic E-state index is 12.7. The van der Waals surface area contributed by atoms with Gasteiger partial charge in [-0.2, -0.15) is 0 Å². The molecule has 4 N–H and O–H groups in total. The molecular weight excluding hydrogens is 364 g/mol. The van der Waals surface area contributed by atoms with Crippen LogP contribution in [0.3, 0.4) is 0 Å². The first-order valence-electron chi connectivity index (χ1n) is 8.47. The smallest absolute Gasteiger partial charge is 0.272 e. The number of aliphatic hydroxyl groups excluding tert-OH is 2. The Balaban J connectivity index is 1.71. The van der Waals surface area contributed by atoms with E-state index in [1.807, 2.05) is 30.3 Å². The van der Waals surface area contributed by atoms with Gasteiger partial charge in [0, 0.05) is 27.0 Å². The van der Waals surface area contributed by atoms with Gasteiger partial charge in [-0.1, -0.05) is 41.9 Å². The van der Waals surface area contributed by atoms with Crippen molar-refractivity contribution in [2.24, 2.45) is 0 Å². The number of nitrogens with one attached hydrogen (secondary N) is 2. The quantitative estimate of drug-likeness (QED) is 0.427. The Hall–Kier alpha value is -2.86. The summed E-state index contributed by atoms with van der Waals surface area (Å²) in [6.07, 6.45) is -0.974. The number of rotatable bonds is 4. The number of aromatic amines is 1. The minimum atomic E-state index is -0.974. The zero-order valence-corrected chi connectivity index (χ0v) is 15.0. The molecule has 5 nitrogen and oxygen atoms in total. The Labute approximate surface area is 160 Å². The van der Waals surface area contributed by atoms with Gasteiger partial charge < -0.3 is 20.5 Å². The summed E-state index contributed by atoms with van der Waals surface area (Å²) in [7, 11) is 0. The van der Waals surface area contributed by atoms with Crippen LogP contribution >= 0.6 is 11.6 Å². The average molecular weight is 381 g/mol. The van der Waals surface area contributed by atoms with Crippen molar-refractivity contribution in [1.82, 2.24) is 4.98 Å². The number of carbonyl (C=O) groups excluding carboxylic acids is 1. The van der Waals surface area contributed by atoms with Gasteiger partial charge >= 0.3 is 0 Å². The molecule has 27 heavy (non-hydrogen) atoms. The summed E-state index contributed by atoms with van der Waals surface area (Å²) in [5.41, 5.74) is 2.50. The van der Waals surface area contributed by atoms with Crippen molar-refractivity contribution in [3.05, 3.63) is 76.9 Å². The van der Waals surface area contributed by atoms with Gasteiger partial charge in [0.1, 0.15) is 11.8 Å². The van der Waals surface area contributed by atoms with E-state index in [0.29, 0.717) is 22.0 Å². The van der Waals surface area contributed by atoms with Crippen LogP contribution in [0, 0.1) is 0 Å². The van der Waals surface area contributed by atoms with Crippen LogP contribution in [0.15, 0.2) is 60.7 Å². The molecule has 0 fully saturated rings. The molecule has 0 spiro atoms. The number of anilines is 1. The van der Waals surface area contributed by atoms with Gasteiger partial charge in [0.15, 0.2) is 0 Å². The zero-order valence-electron chi connectivity index (χ0n) is 14.2. The zero-order chi connectivity index (χ0) is 19.0. The van der Waals surface area contributed by atoms with Crippen molar-refractivity contribution in [3.63, 3.8) is 0 Å². The first-order chi connectivity index (χ1) is 13.1. The maximum Gasteiger partial charge on any atom is 0.272 e. The van der Waals surface area contributed by atoms with Crippen molar-refractivity contribution >= 4 is 44.9 Å². The first kappa shape index (κ1) is 17.5. The molecule has 0 aliphatic rings. The molecular formula is C21H17ClN2O3. The van der Waals surface area contributed by atoms with Crippen molar-refractivity contribution in [3.8, 4) is 0 Å². The SMILES string of the molecule is O=C(Nc1ccc(C(O)CO)c2ccccc12)c1cc2cc(Cl)ccc2[nH]1. The number of hydrogen-bond acceptors (Lipinski definition) is 3. The lowest BCUT2D eigenvalue weighted by molar-refractivity contribution is 0.0967. The van der Waals surface area contributed by atoms with E-state index in [2.05, 4.69) is 10.3 Å². The van der Waals surface area contributed by atoms with Gasteiger partial charge in [-0.05, 0) is 41.3 Å². The Morgan fingerprint density at radius 1 is 1.07 bits per heavy atom. The van der Waals surface area contributed by atoms with Crippen LogP contribution in [-0.4, -0.2) is 27.7 Å². The fourth-order valence-corrected chi connectivity index (χ4v) is 3.42. The topological polar surface area (TPSA) is 85.3 Å². The fraction of sp³-hybridized carbons (Fsp3) is 0.0952. The Kier molecular flexibility index (Phi) is 4.58. The second kappa shape index (κ2) is 7.04. The molecule has 4 aromatic rings. The molecule has 1 amide bonds. The standard InChI is InChI=1S/C21H17ClN2O3/c22-13-5-7-17-12(9-13)10-19(23-17)21(27)24-18-8-6-16(20(26)11-25)14-3-1-2-4-15(14)18/h1-10,20,23,25-26H,11H2,(H,24,27). The Morgan fingerprint density at radius 2 is 1.85 bits per heavy atom. The average Bonchev–Trinajstić information content (AvgIpc) is 3.11. The van der Waals surface area contributed by atoms with Crippen molar-refractivity contribution < 1.29 is 15.0 Å². The molecule has 136 valence electrons. The Morgan fingerprint density at radius 3 is 2.63 bits per heavy atom. The number of amides is 1. The summed E-state index contributed by atoms with van der Waals surface area (Å²) in [5, 5.41) is 25.2. The van der Waals surface area contributed by atoms with E-state index >= 15 is 0 Å². The summed E-state index contributed by atoms with van der Waals surface area (Å²) in [6, 6.07) is 18.0. The molecule has 0 aliphatic carbocycles. The summed E-state index contributed by atoms with van der Waals surface area (Å²) < 4.78 is 0. The summed E-state index contributed by atoms with van der Waals surface area (Å²) >= 11 is 6.00. The van der Waals surface area contributed by atoms with Gasteiger partial charge in [-0.25, -0.2) is 0 Å². The number of hydrogen-bond donors (Lipinski definition) is 4. The third kappa shape index (κ3) is 3.28. The maximum atomic E-state index is 12.7. The Bertz CT molecular complexity index is 1150. The predicted octanol–water partition coefficient (Wildman–Crippen LogP) is 4.25. The lowest BCUT2D eigenvalue weighted by atomic mass is 9.99. The summed E-state index contributed by atoms with van der Waals surface area (Å²) in [5.74, 6) is -0.275. The van der Waals surface area contributed by atoms with E-state index in [9.17, 15) is 15.0 Å². The van der Waals surface area contributed by atoms with Crippen molar-refractivity contribution in [2.45, 2.75) is 6.10 Å². The molecule has 0 bridgehead atoms. The van der Waals surface area contributed by atoms with Gasteiger partial charge in [-0.15, -0.1) is 0 Å². The predicted molar refractivity (Wildman–Crippen MR) is 107 cm³/mol. The van der Waals surface area contributed by atoms with Crippen LogP contribution in [0.2, 0.25) is 5.02 Å². The van der Waals surface area contributed by atoms with E-state index in [1.54, 1.807) is 30.3 Å². The van der Waals surface area contributed by atoms with Crippen LogP contribution in [0.5, 0.6) is 0 Å². The summed E-state index contributed by atoms with van der Waals surface area (Å²) in [6.45, 7) is -0.368. The molecule has 3 aromatic carbocycles. The number of halogens is 1.